The molecular weight excluding hydrogens is 262 g/mol. The maximum absolute atomic E-state index is 12.5. The highest BCUT2D eigenvalue weighted by molar-refractivity contribution is 5.76. The second-order valence-corrected chi connectivity index (χ2v) is 5.84. The van der Waals surface area contributed by atoms with Crippen molar-refractivity contribution in [2.75, 3.05) is 7.05 Å². The van der Waals surface area contributed by atoms with Crippen LogP contribution < -0.4 is 0 Å². The lowest BCUT2D eigenvalue weighted by Crippen LogP contribution is -2.33. The van der Waals surface area contributed by atoms with Crippen LogP contribution in [0.2, 0.25) is 0 Å². The fraction of sp³-hybridized carbons (Fsp3) is 0.412. The highest BCUT2D eigenvalue weighted by atomic mass is 16.2. The third kappa shape index (κ3) is 2.58. The molecule has 1 atom stereocenters. The van der Waals surface area contributed by atoms with E-state index < -0.39 is 0 Å². The van der Waals surface area contributed by atoms with E-state index in [1.165, 1.54) is 11.1 Å². The average Bonchev–Trinajstić information content (AvgIpc) is 3.01. The molecule has 3 rings (SSSR count). The lowest BCUT2D eigenvalue weighted by atomic mass is 10.1. The average molecular weight is 283 g/mol. The third-order valence-electron chi connectivity index (χ3n) is 4.35. The minimum atomic E-state index is 0.114. The Balaban J connectivity index is 1.75. The molecule has 110 valence electrons. The Kier molecular flexibility index (Phi) is 3.53. The van der Waals surface area contributed by atoms with Gasteiger partial charge in [-0.1, -0.05) is 24.3 Å². The summed E-state index contributed by atoms with van der Waals surface area (Å²) in [5.74, 6) is 0.114. The molecule has 1 heterocycles. The number of aryl methyl sites for hydroxylation is 3. The van der Waals surface area contributed by atoms with Crippen molar-refractivity contribution < 1.29 is 4.79 Å². The molecule has 1 aliphatic rings. The van der Waals surface area contributed by atoms with Gasteiger partial charge in [0.05, 0.1) is 11.7 Å². The monoisotopic (exact) mass is 283 g/mol. The van der Waals surface area contributed by atoms with Gasteiger partial charge in [0.15, 0.2) is 0 Å². The van der Waals surface area contributed by atoms with Crippen molar-refractivity contribution in [3.63, 3.8) is 0 Å². The summed E-state index contributed by atoms with van der Waals surface area (Å²) < 4.78 is 1.79. The third-order valence-corrected chi connectivity index (χ3v) is 4.35. The first-order valence-corrected chi connectivity index (χ1v) is 7.41. The van der Waals surface area contributed by atoms with E-state index in [9.17, 15) is 4.79 Å². The number of nitrogens with zero attached hydrogens (tertiary/aromatic N) is 3. The van der Waals surface area contributed by atoms with Crippen molar-refractivity contribution in [1.82, 2.24) is 14.7 Å². The van der Waals surface area contributed by atoms with Crippen molar-refractivity contribution in [3.05, 3.63) is 52.8 Å². The van der Waals surface area contributed by atoms with Gasteiger partial charge in [0.1, 0.15) is 6.54 Å². The molecule has 4 heteroatoms. The highest BCUT2D eigenvalue weighted by Crippen LogP contribution is 2.34. The molecule has 0 N–H and O–H groups in total. The number of benzene rings is 1. The van der Waals surface area contributed by atoms with Crippen molar-refractivity contribution >= 4 is 5.91 Å². The quantitative estimate of drug-likeness (QED) is 0.868. The van der Waals surface area contributed by atoms with E-state index in [2.05, 4.69) is 29.4 Å². The predicted molar refractivity (Wildman–Crippen MR) is 82.0 cm³/mol. The van der Waals surface area contributed by atoms with Crippen molar-refractivity contribution in [3.8, 4) is 0 Å². The molecular formula is C17H21N3O. The molecule has 0 saturated heterocycles. The number of likely N-dealkylation sites (N-methyl/N-ethyl adjacent to an activating group) is 1. The van der Waals surface area contributed by atoms with Gasteiger partial charge >= 0.3 is 0 Å². The fourth-order valence-corrected chi connectivity index (χ4v) is 3.19. The van der Waals surface area contributed by atoms with Gasteiger partial charge in [-0.15, -0.1) is 0 Å². The Labute approximate surface area is 125 Å². The molecule has 1 aromatic heterocycles. The summed E-state index contributed by atoms with van der Waals surface area (Å²) in [7, 11) is 1.90. The fourth-order valence-electron chi connectivity index (χ4n) is 3.19. The highest BCUT2D eigenvalue weighted by Gasteiger charge is 2.28. The summed E-state index contributed by atoms with van der Waals surface area (Å²) in [6.07, 6.45) is 2.07. The van der Waals surface area contributed by atoms with Gasteiger partial charge in [-0.3, -0.25) is 9.48 Å². The number of aromatic nitrogens is 2. The molecule has 1 aromatic carbocycles. The van der Waals surface area contributed by atoms with E-state index in [-0.39, 0.29) is 11.9 Å². The van der Waals surface area contributed by atoms with E-state index in [4.69, 9.17) is 0 Å². The summed E-state index contributed by atoms with van der Waals surface area (Å²) in [5, 5.41) is 4.37. The van der Waals surface area contributed by atoms with Crippen molar-refractivity contribution in [1.29, 1.82) is 0 Å². The van der Waals surface area contributed by atoms with E-state index in [1.54, 1.807) is 4.68 Å². The molecule has 2 aromatic rings. The summed E-state index contributed by atoms with van der Waals surface area (Å²) >= 11 is 0. The molecule has 0 radical (unpaired) electrons. The lowest BCUT2D eigenvalue weighted by molar-refractivity contribution is -0.133. The van der Waals surface area contributed by atoms with Gasteiger partial charge in [-0.05, 0) is 43.9 Å². The lowest BCUT2D eigenvalue weighted by Gasteiger charge is -2.25. The molecule has 1 aliphatic carbocycles. The first-order chi connectivity index (χ1) is 10.1. The summed E-state index contributed by atoms with van der Waals surface area (Å²) in [4.78, 5) is 14.4. The first kappa shape index (κ1) is 13.9. The van der Waals surface area contributed by atoms with Crippen LogP contribution in [0.3, 0.4) is 0 Å². The second kappa shape index (κ2) is 5.35. The Bertz CT molecular complexity index is 674. The van der Waals surface area contributed by atoms with E-state index in [0.717, 1.165) is 24.2 Å². The van der Waals surface area contributed by atoms with E-state index in [0.29, 0.717) is 6.54 Å². The maximum Gasteiger partial charge on any atom is 0.244 e. The zero-order valence-corrected chi connectivity index (χ0v) is 12.8. The van der Waals surface area contributed by atoms with Crippen LogP contribution in [-0.4, -0.2) is 27.6 Å². The Morgan fingerprint density at radius 1 is 1.38 bits per heavy atom. The van der Waals surface area contributed by atoms with Crippen LogP contribution in [0, 0.1) is 13.8 Å². The standard InChI is InChI=1S/C17H21N3O/c1-12-10-13(2)20(18-12)11-17(21)19(3)16-9-8-14-6-4-5-7-15(14)16/h4-7,10,16H,8-9,11H2,1-3H3. The van der Waals surface area contributed by atoms with Gasteiger partial charge < -0.3 is 4.90 Å². The first-order valence-electron chi connectivity index (χ1n) is 7.41. The molecule has 21 heavy (non-hydrogen) atoms. The molecule has 1 amide bonds. The summed E-state index contributed by atoms with van der Waals surface area (Å²) in [5.41, 5.74) is 4.64. The topological polar surface area (TPSA) is 38.1 Å². The number of rotatable bonds is 3. The minimum Gasteiger partial charge on any atom is -0.337 e. The van der Waals surface area contributed by atoms with Crippen LogP contribution in [0.15, 0.2) is 30.3 Å². The number of carbonyl (C=O) groups is 1. The Morgan fingerprint density at radius 3 is 2.86 bits per heavy atom. The zero-order valence-electron chi connectivity index (χ0n) is 12.8. The van der Waals surface area contributed by atoms with Crippen LogP contribution in [-0.2, 0) is 17.8 Å². The van der Waals surface area contributed by atoms with Gasteiger partial charge in [-0.25, -0.2) is 0 Å². The molecule has 0 spiro atoms. The molecule has 0 fully saturated rings. The van der Waals surface area contributed by atoms with Crippen LogP contribution >= 0.6 is 0 Å². The van der Waals surface area contributed by atoms with Gasteiger partial charge in [0.25, 0.3) is 0 Å². The summed E-state index contributed by atoms with van der Waals surface area (Å²) in [6.45, 7) is 4.25. The van der Waals surface area contributed by atoms with E-state index >= 15 is 0 Å². The van der Waals surface area contributed by atoms with Gasteiger partial charge in [-0.2, -0.15) is 5.10 Å². The number of carbonyl (C=O) groups excluding carboxylic acids is 1. The van der Waals surface area contributed by atoms with Gasteiger partial charge in [0, 0.05) is 12.7 Å². The Morgan fingerprint density at radius 2 is 2.14 bits per heavy atom. The molecule has 0 saturated carbocycles. The molecule has 4 nitrogen and oxygen atoms in total. The molecule has 1 unspecified atom stereocenters. The van der Waals surface area contributed by atoms with Crippen LogP contribution in [0.25, 0.3) is 0 Å². The minimum absolute atomic E-state index is 0.114. The van der Waals surface area contributed by atoms with Crippen LogP contribution in [0.5, 0.6) is 0 Å². The van der Waals surface area contributed by atoms with Crippen LogP contribution in [0.4, 0.5) is 0 Å². The predicted octanol–water partition coefficient (Wildman–Crippen LogP) is 2.65. The van der Waals surface area contributed by atoms with Gasteiger partial charge in [0.2, 0.25) is 5.91 Å². The van der Waals surface area contributed by atoms with Crippen molar-refractivity contribution in [2.24, 2.45) is 0 Å². The number of hydrogen-bond acceptors (Lipinski definition) is 2. The number of hydrogen-bond donors (Lipinski definition) is 0. The smallest absolute Gasteiger partial charge is 0.244 e. The normalized spacial score (nSPS) is 16.8. The molecule has 0 bridgehead atoms. The number of amides is 1. The second-order valence-electron chi connectivity index (χ2n) is 5.84. The Hall–Kier alpha value is -2.10. The largest absolute Gasteiger partial charge is 0.337 e. The summed E-state index contributed by atoms with van der Waals surface area (Å²) in [6, 6.07) is 10.6. The zero-order chi connectivity index (χ0) is 15.0. The maximum atomic E-state index is 12.5. The number of fused-ring (bicyclic) bond motifs is 1. The molecule has 0 aliphatic heterocycles. The van der Waals surface area contributed by atoms with Crippen LogP contribution in [0.1, 0.15) is 35.0 Å². The van der Waals surface area contributed by atoms with E-state index in [1.807, 2.05) is 31.9 Å². The van der Waals surface area contributed by atoms with Crippen molar-refractivity contribution in [2.45, 2.75) is 39.3 Å². The SMILES string of the molecule is Cc1cc(C)n(CC(=O)N(C)C2CCc3ccccc32)n1.